The monoisotopic (exact) mass is 319 g/mol. The summed E-state index contributed by atoms with van der Waals surface area (Å²) in [5, 5.41) is 12.8. The molecule has 0 bridgehead atoms. The fraction of sp³-hybridized carbons (Fsp3) is 0.188. The van der Waals surface area contributed by atoms with Gasteiger partial charge in [-0.2, -0.15) is 0 Å². The summed E-state index contributed by atoms with van der Waals surface area (Å²) in [6.07, 6.45) is 1.01. The lowest BCUT2D eigenvalue weighted by Gasteiger charge is -2.27. The topological polar surface area (TPSA) is 49.3 Å². The smallest absolute Gasteiger partial charge is 0.337 e. The number of halogens is 1. The van der Waals surface area contributed by atoms with Crippen LogP contribution in [0.5, 0.6) is 0 Å². The first-order valence-corrected chi connectivity index (χ1v) is 8.02. The molecule has 3 nitrogen and oxygen atoms in total. The number of nitrogens with one attached hydrogen (secondary N) is 1. The second kappa shape index (κ2) is 6.00. The largest absolute Gasteiger partial charge is 0.478 e. The molecule has 21 heavy (non-hydrogen) atoms. The van der Waals surface area contributed by atoms with E-state index in [1.165, 1.54) is 10.5 Å². The minimum Gasteiger partial charge on any atom is -0.478 e. The lowest BCUT2D eigenvalue weighted by molar-refractivity contribution is 0.0697. The summed E-state index contributed by atoms with van der Waals surface area (Å²) in [5.74, 6) is 0.0388. The number of fused-ring (bicyclic) bond motifs is 1. The summed E-state index contributed by atoms with van der Waals surface area (Å²) in [4.78, 5) is 12.4. The molecule has 0 saturated carbocycles. The minimum atomic E-state index is -1.01. The van der Waals surface area contributed by atoms with Gasteiger partial charge in [0.05, 0.1) is 16.6 Å². The zero-order valence-electron chi connectivity index (χ0n) is 11.2. The van der Waals surface area contributed by atoms with Crippen LogP contribution < -0.4 is 5.32 Å². The Hall–Kier alpha value is -1.65. The van der Waals surface area contributed by atoms with E-state index in [9.17, 15) is 4.79 Å². The van der Waals surface area contributed by atoms with Crippen molar-refractivity contribution in [1.82, 2.24) is 0 Å². The average molecular weight is 320 g/mol. The molecule has 2 aromatic carbocycles. The van der Waals surface area contributed by atoms with Crippen molar-refractivity contribution in [2.75, 3.05) is 11.1 Å². The summed E-state index contributed by atoms with van der Waals surface area (Å²) in [7, 11) is 0. The second-order valence-corrected chi connectivity index (χ2v) is 6.42. The standard InChI is InChI=1S/C16H14ClNO2S/c17-13-6-5-10(9-12(13)16(19)20)18-14-7-8-21-15-4-2-1-3-11(14)15/h1-6,9,14,18H,7-8H2,(H,19,20). The lowest BCUT2D eigenvalue weighted by Crippen LogP contribution is -2.16. The molecule has 5 heteroatoms. The summed E-state index contributed by atoms with van der Waals surface area (Å²) >= 11 is 7.76. The van der Waals surface area contributed by atoms with Gasteiger partial charge in [0, 0.05) is 16.3 Å². The third-order valence-corrected chi connectivity index (χ3v) is 4.95. The molecule has 0 saturated heterocycles. The van der Waals surface area contributed by atoms with Gasteiger partial charge in [0.2, 0.25) is 0 Å². The predicted molar refractivity (Wildman–Crippen MR) is 86.6 cm³/mol. The van der Waals surface area contributed by atoms with Gasteiger partial charge in [0.1, 0.15) is 0 Å². The number of hydrogen-bond acceptors (Lipinski definition) is 3. The van der Waals surface area contributed by atoms with Crippen molar-refractivity contribution >= 4 is 35.0 Å². The molecule has 1 aliphatic rings. The molecule has 1 heterocycles. The average Bonchev–Trinajstić information content (AvgIpc) is 2.49. The van der Waals surface area contributed by atoms with Crippen LogP contribution in [0.25, 0.3) is 0 Å². The van der Waals surface area contributed by atoms with Gasteiger partial charge in [-0.1, -0.05) is 29.8 Å². The SMILES string of the molecule is O=C(O)c1cc(NC2CCSc3ccccc32)ccc1Cl. The molecule has 0 spiro atoms. The molecule has 1 atom stereocenters. The van der Waals surface area contributed by atoms with Gasteiger partial charge >= 0.3 is 5.97 Å². The lowest BCUT2D eigenvalue weighted by atomic mass is 10.0. The highest BCUT2D eigenvalue weighted by Gasteiger charge is 2.20. The Morgan fingerprint density at radius 2 is 2.10 bits per heavy atom. The van der Waals surface area contributed by atoms with Gasteiger partial charge in [-0.15, -0.1) is 11.8 Å². The number of aromatic carboxylic acids is 1. The molecule has 1 unspecified atom stereocenters. The van der Waals surface area contributed by atoms with Crippen LogP contribution in [0, 0.1) is 0 Å². The van der Waals surface area contributed by atoms with Gasteiger partial charge < -0.3 is 10.4 Å². The molecule has 0 amide bonds. The summed E-state index contributed by atoms with van der Waals surface area (Å²) in [6.45, 7) is 0. The molecule has 1 aliphatic heterocycles. The molecular formula is C16H14ClNO2S. The van der Waals surface area contributed by atoms with E-state index in [1.54, 1.807) is 12.1 Å². The van der Waals surface area contributed by atoms with Crippen LogP contribution in [0.3, 0.4) is 0 Å². The van der Waals surface area contributed by atoms with Crippen molar-refractivity contribution in [3.8, 4) is 0 Å². The summed E-state index contributed by atoms with van der Waals surface area (Å²) in [5.41, 5.74) is 2.17. The maximum absolute atomic E-state index is 11.1. The van der Waals surface area contributed by atoms with Crippen LogP contribution in [0.4, 0.5) is 5.69 Å². The normalized spacial score (nSPS) is 17.1. The van der Waals surface area contributed by atoms with Crippen LogP contribution in [0.2, 0.25) is 5.02 Å². The number of anilines is 1. The molecule has 3 rings (SSSR count). The number of benzene rings is 2. The number of carboxylic acids is 1. The Bertz CT molecular complexity index is 690. The molecular weight excluding hydrogens is 306 g/mol. The van der Waals surface area contributed by atoms with Crippen LogP contribution >= 0.6 is 23.4 Å². The van der Waals surface area contributed by atoms with Crippen LogP contribution in [-0.2, 0) is 0 Å². The summed E-state index contributed by atoms with van der Waals surface area (Å²) < 4.78 is 0. The van der Waals surface area contributed by atoms with E-state index < -0.39 is 5.97 Å². The van der Waals surface area contributed by atoms with Crippen molar-refractivity contribution < 1.29 is 9.90 Å². The van der Waals surface area contributed by atoms with Crippen molar-refractivity contribution in [3.05, 3.63) is 58.6 Å². The first-order valence-electron chi connectivity index (χ1n) is 6.66. The number of carboxylic acid groups (broad SMARTS) is 1. The van der Waals surface area contributed by atoms with E-state index in [-0.39, 0.29) is 16.6 Å². The predicted octanol–water partition coefficient (Wildman–Crippen LogP) is 4.69. The molecule has 2 aromatic rings. The maximum Gasteiger partial charge on any atom is 0.337 e. The summed E-state index contributed by atoms with van der Waals surface area (Å²) in [6, 6.07) is 13.5. The Balaban J connectivity index is 1.88. The highest BCUT2D eigenvalue weighted by atomic mass is 35.5. The second-order valence-electron chi connectivity index (χ2n) is 4.87. The van der Waals surface area contributed by atoms with Gasteiger partial charge in [-0.3, -0.25) is 0 Å². The molecule has 0 aliphatic carbocycles. The Labute approximate surface area is 132 Å². The fourth-order valence-corrected chi connectivity index (χ4v) is 3.80. The van der Waals surface area contributed by atoms with E-state index in [0.29, 0.717) is 0 Å². The van der Waals surface area contributed by atoms with E-state index in [1.807, 2.05) is 30.0 Å². The number of carbonyl (C=O) groups is 1. The van der Waals surface area contributed by atoms with E-state index in [2.05, 4.69) is 17.4 Å². The van der Waals surface area contributed by atoms with Crippen molar-refractivity contribution in [2.45, 2.75) is 17.4 Å². The van der Waals surface area contributed by atoms with Gasteiger partial charge in [-0.05, 0) is 36.2 Å². The molecule has 108 valence electrons. The fourth-order valence-electron chi connectivity index (χ4n) is 2.47. The van der Waals surface area contributed by atoms with Crippen molar-refractivity contribution in [3.63, 3.8) is 0 Å². The zero-order chi connectivity index (χ0) is 14.8. The van der Waals surface area contributed by atoms with E-state index >= 15 is 0 Å². The van der Waals surface area contributed by atoms with Crippen LogP contribution in [-0.4, -0.2) is 16.8 Å². The van der Waals surface area contributed by atoms with E-state index in [0.717, 1.165) is 17.9 Å². The quantitative estimate of drug-likeness (QED) is 0.862. The highest BCUT2D eigenvalue weighted by molar-refractivity contribution is 7.99. The zero-order valence-corrected chi connectivity index (χ0v) is 12.7. The Morgan fingerprint density at radius 1 is 1.29 bits per heavy atom. The van der Waals surface area contributed by atoms with E-state index in [4.69, 9.17) is 16.7 Å². The maximum atomic E-state index is 11.1. The van der Waals surface area contributed by atoms with Crippen molar-refractivity contribution in [1.29, 1.82) is 0 Å². The number of rotatable bonds is 3. The first-order chi connectivity index (χ1) is 10.1. The number of hydrogen-bond donors (Lipinski definition) is 2. The van der Waals surface area contributed by atoms with Gasteiger partial charge in [0.25, 0.3) is 0 Å². The highest BCUT2D eigenvalue weighted by Crippen LogP contribution is 2.38. The Kier molecular flexibility index (Phi) is 4.08. The van der Waals surface area contributed by atoms with Crippen molar-refractivity contribution in [2.24, 2.45) is 0 Å². The molecule has 0 radical (unpaired) electrons. The van der Waals surface area contributed by atoms with Crippen LogP contribution in [0.15, 0.2) is 47.4 Å². The minimum absolute atomic E-state index is 0.125. The third kappa shape index (κ3) is 3.01. The number of thioether (sulfide) groups is 1. The molecule has 0 aromatic heterocycles. The first kappa shape index (κ1) is 14.3. The molecule has 0 fully saturated rings. The Morgan fingerprint density at radius 3 is 2.90 bits per heavy atom. The van der Waals surface area contributed by atoms with Gasteiger partial charge in [0.15, 0.2) is 0 Å². The third-order valence-electron chi connectivity index (χ3n) is 3.50. The van der Waals surface area contributed by atoms with Gasteiger partial charge in [-0.25, -0.2) is 4.79 Å². The van der Waals surface area contributed by atoms with Crippen LogP contribution in [0.1, 0.15) is 28.4 Å². The molecule has 2 N–H and O–H groups in total.